The summed E-state index contributed by atoms with van der Waals surface area (Å²) >= 11 is 0. The highest BCUT2D eigenvalue weighted by molar-refractivity contribution is 5.88. The Morgan fingerprint density at radius 2 is 1.69 bits per heavy atom. The average Bonchev–Trinajstić information content (AvgIpc) is 3.01. The first-order chi connectivity index (χ1) is 12.7. The lowest BCUT2D eigenvalue weighted by Gasteiger charge is -2.08. The zero-order valence-corrected chi connectivity index (χ0v) is 14.4. The Labute approximate surface area is 151 Å². The lowest BCUT2D eigenvalue weighted by Crippen LogP contribution is -2.02. The minimum Gasteiger partial charge on any atom is -0.343 e. The molecule has 4 aromatic rings. The SMILES string of the molecule is NCCc1cn(Cc2ccc(F)cc2)c2cc(-c3ccncc3)ccc12. The Kier molecular flexibility index (Phi) is 4.50. The van der Waals surface area contributed by atoms with E-state index < -0.39 is 0 Å². The maximum atomic E-state index is 13.2. The molecule has 0 unspecified atom stereocenters. The molecule has 2 heterocycles. The van der Waals surface area contributed by atoms with E-state index in [0.29, 0.717) is 13.1 Å². The number of aromatic nitrogens is 2. The first-order valence-corrected chi connectivity index (χ1v) is 8.71. The number of rotatable bonds is 5. The fraction of sp³-hybridized carbons (Fsp3) is 0.136. The van der Waals surface area contributed by atoms with Gasteiger partial charge in [0.25, 0.3) is 0 Å². The molecule has 0 aliphatic carbocycles. The zero-order chi connectivity index (χ0) is 17.9. The van der Waals surface area contributed by atoms with E-state index in [4.69, 9.17) is 5.73 Å². The van der Waals surface area contributed by atoms with E-state index in [-0.39, 0.29) is 5.82 Å². The molecule has 0 aliphatic rings. The smallest absolute Gasteiger partial charge is 0.123 e. The van der Waals surface area contributed by atoms with Gasteiger partial charge in [-0.1, -0.05) is 24.3 Å². The van der Waals surface area contributed by atoms with E-state index in [1.807, 2.05) is 24.3 Å². The van der Waals surface area contributed by atoms with Crippen LogP contribution in [-0.4, -0.2) is 16.1 Å². The Morgan fingerprint density at radius 1 is 0.923 bits per heavy atom. The maximum Gasteiger partial charge on any atom is 0.123 e. The number of hydrogen-bond acceptors (Lipinski definition) is 2. The first-order valence-electron chi connectivity index (χ1n) is 8.71. The second-order valence-electron chi connectivity index (χ2n) is 6.42. The summed E-state index contributed by atoms with van der Waals surface area (Å²) in [5.41, 5.74) is 11.5. The number of fused-ring (bicyclic) bond motifs is 1. The van der Waals surface area contributed by atoms with Crippen molar-refractivity contribution in [2.24, 2.45) is 5.73 Å². The van der Waals surface area contributed by atoms with Crippen molar-refractivity contribution in [2.45, 2.75) is 13.0 Å². The summed E-state index contributed by atoms with van der Waals surface area (Å²) in [7, 11) is 0. The van der Waals surface area contributed by atoms with Crippen molar-refractivity contribution in [3.05, 3.63) is 90.1 Å². The quantitative estimate of drug-likeness (QED) is 0.583. The molecule has 2 aromatic carbocycles. The average molecular weight is 345 g/mol. The van der Waals surface area contributed by atoms with Gasteiger partial charge in [0.1, 0.15) is 5.82 Å². The van der Waals surface area contributed by atoms with Crippen LogP contribution in [0.3, 0.4) is 0 Å². The van der Waals surface area contributed by atoms with Crippen molar-refractivity contribution < 1.29 is 4.39 Å². The van der Waals surface area contributed by atoms with Gasteiger partial charge in [-0.3, -0.25) is 4.98 Å². The van der Waals surface area contributed by atoms with E-state index in [9.17, 15) is 4.39 Å². The molecular formula is C22H20FN3. The van der Waals surface area contributed by atoms with Gasteiger partial charge in [-0.2, -0.15) is 0 Å². The highest BCUT2D eigenvalue weighted by Crippen LogP contribution is 2.28. The number of nitrogens with two attached hydrogens (primary N) is 1. The van der Waals surface area contributed by atoms with Crippen LogP contribution in [0.1, 0.15) is 11.1 Å². The monoisotopic (exact) mass is 345 g/mol. The second-order valence-corrected chi connectivity index (χ2v) is 6.42. The third-order valence-electron chi connectivity index (χ3n) is 4.66. The van der Waals surface area contributed by atoms with Crippen LogP contribution in [0.4, 0.5) is 4.39 Å². The van der Waals surface area contributed by atoms with Gasteiger partial charge in [0, 0.05) is 36.0 Å². The summed E-state index contributed by atoms with van der Waals surface area (Å²) in [4.78, 5) is 4.09. The number of hydrogen-bond donors (Lipinski definition) is 1. The molecule has 26 heavy (non-hydrogen) atoms. The Balaban J connectivity index is 1.80. The third-order valence-corrected chi connectivity index (χ3v) is 4.66. The molecule has 4 heteroatoms. The van der Waals surface area contributed by atoms with Crippen LogP contribution < -0.4 is 5.73 Å². The molecule has 0 aliphatic heterocycles. The van der Waals surface area contributed by atoms with Crippen molar-refractivity contribution in [1.82, 2.24) is 9.55 Å². The molecular weight excluding hydrogens is 325 g/mol. The number of nitrogens with zero attached hydrogens (tertiary/aromatic N) is 2. The van der Waals surface area contributed by atoms with Crippen LogP contribution in [0.25, 0.3) is 22.0 Å². The Morgan fingerprint density at radius 3 is 2.42 bits per heavy atom. The first kappa shape index (κ1) is 16.5. The molecule has 4 rings (SSSR count). The van der Waals surface area contributed by atoms with Gasteiger partial charge >= 0.3 is 0 Å². The van der Waals surface area contributed by atoms with Crippen LogP contribution in [0.15, 0.2) is 73.2 Å². The molecule has 2 aromatic heterocycles. The molecule has 2 N–H and O–H groups in total. The van der Waals surface area contributed by atoms with Crippen LogP contribution >= 0.6 is 0 Å². The molecule has 0 amide bonds. The van der Waals surface area contributed by atoms with Crippen molar-refractivity contribution in [3.8, 4) is 11.1 Å². The largest absolute Gasteiger partial charge is 0.343 e. The maximum absolute atomic E-state index is 13.2. The summed E-state index contributed by atoms with van der Waals surface area (Å²) in [6.07, 6.45) is 6.60. The fourth-order valence-corrected chi connectivity index (χ4v) is 3.36. The highest BCUT2D eigenvalue weighted by atomic mass is 19.1. The Bertz CT molecular complexity index is 1020. The molecule has 130 valence electrons. The molecule has 0 bridgehead atoms. The number of benzene rings is 2. The van der Waals surface area contributed by atoms with Gasteiger partial charge in [-0.05, 0) is 65.6 Å². The van der Waals surface area contributed by atoms with Gasteiger partial charge in [0.05, 0.1) is 0 Å². The summed E-state index contributed by atoms with van der Waals surface area (Å²) in [5, 5.41) is 1.22. The Hall–Kier alpha value is -2.98. The molecule has 0 radical (unpaired) electrons. The van der Waals surface area contributed by atoms with E-state index in [2.05, 4.69) is 33.9 Å². The van der Waals surface area contributed by atoms with Crippen molar-refractivity contribution in [2.75, 3.05) is 6.54 Å². The zero-order valence-electron chi connectivity index (χ0n) is 14.4. The third kappa shape index (κ3) is 3.24. The lowest BCUT2D eigenvalue weighted by atomic mass is 10.0. The predicted octanol–water partition coefficient (Wildman–Crippen LogP) is 4.39. The second kappa shape index (κ2) is 7.10. The van der Waals surface area contributed by atoms with Gasteiger partial charge < -0.3 is 10.3 Å². The molecule has 3 nitrogen and oxygen atoms in total. The number of pyridine rings is 1. The minimum atomic E-state index is -0.213. The molecule has 0 saturated heterocycles. The summed E-state index contributed by atoms with van der Waals surface area (Å²) < 4.78 is 15.4. The minimum absolute atomic E-state index is 0.213. The van der Waals surface area contributed by atoms with Crippen molar-refractivity contribution in [3.63, 3.8) is 0 Å². The predicted molar refractivity (Wildman–Crippen MR) is 103 cm³/mol. The van der Waals surface area contributed by atoms with Crippen LogP contribution in [0, 0.1) is 5.82 Å². The van der Waals surface area contributed by atoms with Crippen molar-refractivity contribution in [1.29, 1.82) is 0 Å². The molecule has 0 atom stereocenters. The number of halogens is 1. The normalized spacial score (nSPS) is 11.2. The lowest BCUT2D eigenvalue weighted by molar-refractivity contribution is 0.626. The van der Waals surface area contributed by atoms with Gasteiger partial charge in [-0.15, -0.1) is 0 Å². The van der Waals surface area contributed by atoms with Crippen LogP contribution in [0.2, 0.25) is 0 Å². The van der Waals surface area contributed by atoms with E-state index in [0.717, 1.165) is 28.6 Å². The van der Waals surface area contributed by atoms with Gasteiger partial charge in [-0.25, -0.2) is 4.39 Å². The summed E-state index contributed by atoms with van der Waals surface area (Å²) in [6, 6.07) is 17.2. The molecule has 0 fully saturated rings. The van der Waals surface area contributed by atoms with Crippen molar-refractivity contribution >= 4 is 10.9 Å². The summed E-state index contributed by atoms with van der Waals surface area (Å²) in [5.74, 6) is -0.213. The van der Waals surface area contributed by atoms with E-state index in [1.165, 1.54) is 23.1 Å². The van der Waals surface area contributed by atoms with Gasteiger partial charge in [0.2, 0.25) is 0 Å². The van der Waals surface area contributed by atoms with Gasteiger partial charge in [0.15, 0.2) is 0 Å². The van der Waals surface area contributed by atoms with Crippen LogP contribution in [0.5, 0.6) is 0 Å². The van der Waals surface area contributed by atoms with E-state index in [1.54, 1.807) is 12.4 Å². The molecule has 0 saturated carbocycles. The highest BCUT2D eigenvalue weighted by Gasteiger charge is 2.10. The van der Waals surface area contributed by atoms with E-state index >= 15 is 0 Å². The molecule has 0 spiro atoms. The topological polar surface area (TPSA) is 43.8 Å². The van der Waals surface area contributed by atoms with Crippen LogP contribution in [-0.2, 0) is 13.0 Å². The standard InChI is InChI=1S/C22H20FN3/c23-20-4-1-16(2-5-20)14-26-15-19(7-10-24)21-6-3-18(13-22(21)26)17-8-11-25-12-9-17/h1-6,8-9,11-13,15H,7,10,14,24H2. The fourth-order valence-electron chi connectivity index (χ4n) is 3.36. The summed E-state index contributed by atoms with van der Waals surface area (Å²) in [6.45, 7) is 1.31.